The maximum atomic E-state index is 5.88. The summed E-state index contributed by atoms with van der Waals surface area (Å²) in [6.45, 7) is 2.08. The molecule has 20 heavy (non-hydrogen) atoms. The van der Waals surface area contributed by atoms with Crippen molar-refractivity contribution in [2.45, 2.75) is 19.8 Å². The Morgan fingerprint density at radius 1 is 1.10 bits per heavy atom. The average molecular weight is 273 g/mol. The highest BCUT2D eigenvalue weighted by molar-refractivity contribution is 5.75. The van der Waals surface area contributed by atoms with E-state index in [9.17, 15) is 0 Å². The van der Waals surface area contributed by atoms with Gasteiger partial charge in [-0.15, -0.1) is 0 Å². The summed E-state index contributed by atoms with van der Waals surface area (Å²) in [6, 6.07) is 7.35. The molecule has 1 aromatic carbocycles. The van der Waals surface area contributed by atoms with E-state index in [0.717, 1.165) is 29.9 Å². The second-order valence-electron chi connectivity index (χ2n) is 4.38. The van der Waals surface area contributed by atoms with E-state index in [-0.39, 0.29) is 0 Å². The van der Waals surface area contributed by atoms with Crippen molar-refractivity contribution in [2.75, 3.05) is 20.0 Å². The van der Waals surface area contributed by atoms with E-state index in [1.54, 1.807) is 20.3 Å². The summed E-state index contributed by atoms with van der Waals surface area (Å²) in [4.78, 5) is 8.80. The van der Waals surface area contributed by atoms with Crippen molar-refractivity contribution in [3.63, 3.8) is 0 Å². The van der Waals surface area contributed by atoms with Gasteiger partial charge >= 0.3 is 0 Å². The second kappa shape index (κ2) is 6.23. The maximum absolute atomic E-state index is 5.88. The second-order valence-corrected chi connectivity index (χ2v) is 4.38. The molecule has 0 aliphatic carbocycles. The fourth-order valence-corrected chi connectivity index (χ4v) is 2.08. The van der Waals surface area contributed by atoms with Gasteiger partial charge in [-0.2, -0.15) is 0 Å². The lowest BCUT2D eigenvalue weighted by atomic mass is 10.1. The molecule has 0 saturated heterocycles. The van der Waals surface area contributed by atoms with Crippen LogP contribution in [0.25, 0.3) is 11.3 Å². The molecule has 2 aromatic rings. The van der Waals surface area contributed by atoms with Crippen LogP contribution < -0.4 is 15.2 Å². The third kappa shape index (κ3) is 2.82. The number of rotatable bonds is 5. The predicted octanol–water partition coefficient (Wildman–Crippen LogP) is 2.70. The Labute approximate surface area is 118 Å². The van der Waals surface area contributed by atoms with Gasteiger partial charge in [0.25, 0.3) is 0 Å². The van der Waals surface area contributed by atoms with E-state index in [1.165, 1.54) is 0 Å². The Kier molecular flexibility index (Phi) is 4.40. The number of aromatic nitrogens is 2. The molecule has 5 heteroatoms. The molecule has 0 bridgehead atoms. The minimum atomic E-state index is 0.450. The summed E-state index contributed by atoms with van der Waals surface area (Å²) in [5.74, 6) is 2.58. The maximum Gasteiger partial charge on any atom is 0.132 e. The first-order chi connectivity index (χ1) is 9.69. The van der Waals surface area contributed by atoms with Crippen molar-refractivity contribution in [1.82, 2.24) is 9.97 Å². The average Bonchev–Trinajstić information content (AvgIpc) is 2.46. The normalized spacial score (nSPS) is 10.3. The zero-order chi connectivity index (χ0) is 14.5. The molecule has 0 unspecified atom stereocenters. The van der Waals surface area contributed by atoms with Crippen LogP contribution in [-0.2, 0) is 6.42 Å². The SMILES string of the molecule is CCCc1nc(N)cc(-c2c(OC)cccc2OC)n1. The largest absolute Gasteiger partial charge is 0.496 e. The topological polar surface area (TPSA) is 70.3 Å². The number of ether oxygens (including phenoxy) is 2. The summed E-state index contributed by atoms with van der Waals surface area (Å²) in [6.07, 6.45) is 1.75. The van der Waals surface area contributed by atoms with Crippen LogP contribution in [0, 0.1) is 0 Å². The molecule has 0 fully saturated rings. The molecule has 5 nitrogen and oxygen atoms in total. The fourth-order valence-electron chi connectivity index (χ4n) is 2.08. The van der Waals surface area contributed by atoms with Crippen LogP contribution in [0.4, 0.5) is 5.82 Å². The van der Waals surface area contributed by atoms with Gasteiger partial charge in [-0.05, 0) is 18.6 Å². The van der Waals surface area contributed by atoms with Crippen LogP contribution in [0.1, 0.15) is 19.2 Å². The minimum Gasteiger partial charge on any atom is -0.496 e. The molecule has 0 atom stereocenters. The number of methoxy groups -OCH3 is 2. The molecule has 1 heterocycles. The molecule has 0 aliphatic rings. The molecule has 1 aromatic heterocycles. The first kappa shape index (κ1) is 14.1. The highest BCUT2D eigenvalue weighted by Gasteiger charge is 2.15. The van der Waals surface area contributed by atoms with Gasteiger partial charge in [0.2, 0.25) is 0 Å². The molecule has 0 saturated carbocycles. The summed E-state index contributed by atoms with van der Waals surface area (Å²) in [5, 5.41) is 0. The van der Waals surface area contributed by atoms with Crippen LogP contribution in [0.15, 0.2) is 24.3 Å². The predicted molar refractivity (Wildman–Crippen MR) is 79.0 cm³/mol. The number of nitrogen functional groups attached to an aromatic ring is 1. The molecule has 0 radical (unpaired) electrons. The van der Waals surface area contributed by atoms with E-state index < -0.39 is 0 Å². The van der Waals surface area contributed by atoms with Gasteiger partial charge in [0.05, 0.1) is 25.5 Å². The third-order valence-electron chi connectivity index (χ3n) is 2.95. The minimum absolute atomic E-state index is 0.450. The summed E-state index contributed by atoms with van der Waals surface area (Å²) in [5.41, 5.74) is 7.39. The van der Waals surface area contributed by atoms with E-state index in [2.05, 4.69) is 16.9 Å². The van der Waals surface area contributed by atoms with Gasteiger partial charge in [0.1, 0.15) is 23.1 Å². The van der Waals surface area contributed by atoms with Gasteiger partial charge < -0.3 is 15.2 Å². The summed E-state index contributed by atoms with van der Waals surface area (Å²) in [7, 11) is 3.24. The zero-order valence-corrected chi connectivity index (χ0v) is 12.0. The van der Waals surface area contributed by atoms with Gasteiger partial charge in [0.15, 0.2) is 0 Å². The van der Waals surface area contributed by atoms with Crippen LogP contribution in [0.2, 0.25) is 0 Å². The quantitative estimate of drug-likeness (QED) is 0.907. The first-order valence-corrected chi connectivity index (χ1v) is 6.54. The number of anilines is 1. The van der Waals surface area contributed by atoms with Crippen molar-refractivity contribution in [3.8, 4) is 22.8 Å². The standard InChI is InChI=1S/C15H19N3O2/c1-4-6-14-17-10(9-13(16)18-14)15-11(19-2)7-5-8-12(15)20-3/h5,7-9H,4,6H2,1-3H3,(H2,16,17,18). The van der Waals surface area contributed by atoms with Crippen molar-refractivity contribution in [2.24, 2.45) is 0 Å². The van der Waals surface area contributed by atoms with Gasteiger partial charge in [0, 0.05) is 12.5 Å². The summed E-state index contributed by atoms with van der Waals surface area (Å²) < 4.78 is 10.8. The lowest BCUT2D eigenvalue weighted by Crippen LogP contribution is -2.02. The van der Waals surface area contributed by atoms with Crippen molar-refractivity contribution >= 4 is 5.82 Å². The molecule has 0 spiro atoms. The van der Waals surface area contributed by atoms with E-state index in [1.807, 2.05) is 18.2 Å². The number of benzene rings is 1. The Hall–Kier alpha value is -2.30. The van der Waals surface area contributed by atoms with Crippen LogP contribution >= 0.6 is 0 Å². The number of hydrogen-bond donors (Lipinski definition) is 1. The number of aryl methyl sites for hydroxylation is 1. The lowest BCUT2D eigenvalue weighted by molar-refractivity contribution is 0.397. The van der Waals surface area contributed by atoms with E-state index >= 15 is 0 Å². The molecule has 0 aliphatic heterocycles. The highest BCUT2D eigenvalue weighted by Crippen LogP contribution is 2.37. The number of nitrogens with zero attached hydrogens (tertiary/aromatic N) is 2. The molecule has 2 N–H and O–H groups in total. The first-order valence-electron chi connectivity index (χ1n) is 6.54. The van der Waals surface area contributed by atoms with Crippen molar-refractivity contribution < 1.29 is 9.47 Å². The van der Waals surface area contributed by atoms with E-state index in [0.29, 0.717) is 17.3 Å². The molecule has 106 valence electrons. The van der Waals surface area contributed by atoms with Gasteiger partial charge in [-0.25, -0.2) is 9.97 Å². The Balaban J connectivity index is 2.60. The smallest absolute Gasteiger partial charge is 0.132 e. The zero-order valence-electron chi connectivity index (χ0n) is 12.0. The highest BCUT2D eigenvalue weighted by atomic mass is 16.5. The lowest BCUT2D eigenvalue weighted by Gasteiger charge is -2.13. The molecular formula is C15H19N3O2. The van der Waals surface area contributed by atoms with Crippen molar-refractivity contribution in [1.29, 1.82) is 0 Å². The Bertz CT molecular complexity index is 577. The van der Waals surface area contributed by atoms with Gasteiger partial charge in [-0.1, -0.05) is 13.0 Å². The fraction of sp³-hybridized carbons (Fsp3) is 0.333. The van der Waals surface area contributed by atoms with Crippen LogP contribution in [0.3, 0.4) is 0 Å². The van der Waals surface area contributed by atoms with Gasteiger partial charge in [-0.3, -0.25) is 0 Å². The van der Waals surface area contributed by atoms with E-state index in [4.69, 9.17) is 15.2 Å². The molecular weight excluding hydrogens is 254 g/mol. The number of hydrogen-bond acceptors (Lipinski definition) is 5. The molecule has 0 amide bonds. The summed E-state index contributed by atoms with van der Waals surface area (Å²) >= 11 is 0. The molecule has 2 rings (SSSR count). The van der Waals surface area contributed by atoms with Crippen molar-refractivity contribution in [3.05, 3.63) is 30.1 Å². The third-order valence-corrected chi connectivity index (χ3v) is 2.95. The Morgan fingerprint density at radius 3 is 2.30 bits per heavy atom. The monoisotopic (exact) mass is 273 g/mol. The Morgan fingerprint density at radius 2 is 1.75 bits per heavy atom. The van der Waals surface area contributed by atoms with Crippen LogP contribution in [0.5, 0.6) is 11.5 Å². The van der Waals surface area contributed by atoms with Crippen LogP contribution in [-0.4, -0.2) is 24.2 Å². The number of nitrogens with two attached hydrogens (primary N) is 1.